The third kappa shape index (κ3) is 3.89. The molecule has 0 aromatic carbocycles. The number of hydrogen-bond donors (Lipinski definition) is 2. The van der Waals surface area contributed by atoms with E-state index in [1.807, 2.05) is 6.08 Å². The lowest BCUT2D eigenvalue weighted by atomic mass is 10.2. The second-order valence-corrected chi connectivity index (χ2v) is 3.65. The van der Waals surface area contributed by atoms with Crippen LogP contribution in [0.3, 0.4) is 0 Å². The molecule has 4 heteroatoms. The summed E-state index contributed by atoms with van der Waals surface area (Å²) in [6.07, 6.45) is 3.14. The predicted molar refractivity (Wildman–Crippen MR) is 55.3 cm³/mol. The summed E-state index contributed by atoms with van der Waals surface area (Å²) in [5.41, 5.74) is 0. The Morgan fingerprint density at radius 2 is 2.50 bits per heavy atom. The van der Waals surface area contributed by atoms with Gasteiger partial charge in [0.2, 0.25) is 0 Å². The molecule has 0 bridgehead atoms. The SMILES string of the molecule is C=CCN1CCCNC(CC(=O)O)C1. The molecule has 1 atom stereocenters. The van der Waals surface area contributed by atoms with Crippen molar-refractivity contribution in [1.29, 1.82) is 0 Å². The molecule has 2 N–H and O–H groups in total. The van der Waals surface area contributed by atoms with Crippen LogP contribution in [0.1, 0.15) is 12.8 Å². The van der Waals surface area contributed by atoms with Crippen LogP contribution in [0.4, 0.5) is 0 Å². The molecule has 1 aliphatic rings. The molecule has 80 valence electrons. The highest BCUT2D eigenvalue weighted by atomic mass is 16.4. The standard InChI is InChI=1S/C10H18N2O2/c1-2-5-12-6-3-4-11-9(8-12)7-10(13)14/h2,9,11H,1,3-8H2,(H,13,14). The van der Waals surface area contributed by atoms with Gasteiger partial charge in [0.1, 0.15) is 0 Å². The lowest BCUT2D eigenvalue weighted by Crippen LogP contribution is -2.39. The van der Waals surface area contributed by atoms with Crippen molar-refractivity contribution < 1.29 is 9.90 Å². The van der Waals surface area contributed by atoms with E-state index < -0.39 is 5.97 Å². The normalized spacial score (nSPS) is 24.1. The first-order chi connectivity index (χ1) is 6.72. The first kappa shape index (κ1) is 11.2. The number of carbonyl (C=O) groups is 1. The van der Waals surface area contributed by atoms with Gasteiger partial charge in [0, 0.05) is 19.1 Å². The number of aliphatic carboxylic acids is 1. The first-order valence-electron chi connectivity index (χ1n) is 5.01. The van der Waals surface area contributed by atoms with E-state index in [0.717, 1.165) is 32.6 Å². The van der Waals surface area contributed by atoms with Crippen molar-refractivity contribution in [3.8, 4) is 0 Å². The van der Waals surface area contributed by atoms with E-state index in [4.69, 9.17) is 5.11 Å². The second-order valence-electron chi connectivity index (χ2n) is 3.65. The number of carboxylic acids is 1. The maximum atomic E-state index is 10.6. The summed E-state index contributed by atoms with van der Waals surface area (Å²) in [7, 11) is 0. The summed E-state index contributed by atoms with van der Waals surface area (Å²) in [4.78, 5) is 12.8. The lowest BCUT2D eigenvalue weighted by molar-refractivity contribution is -0.137. The summed E-state index contributed by atoms with van der Waals surface area (Å²) in [6.45, 7) is 7.27. The summed E-state index contributed by atoms with van der Waals surface area (Å²) in [6, 6.07) is 0.0787. The van der Waals surface area contributed by atoms with Gasteiger partial charge in [-0.05, 0) is 19.5 Å². The van der Waals surface area contributed by atoms with Gasteiger partial charge in [-0.15, -0.1) is 6.58 Å². The Morgan fingerprint density at radius 1 is 1.71 bits per heavy atom. The minimum absolute atomic E-state index is 0.0787. The molecule has 0 amide bonds. The molecule has 1 rings (SSSR count). The molecule has 0 aliphatic carbocycles. The van der Waals surface area contributed by atoms with Gasteiger partial charge in [0.25, 0.3) is 0 Å². The fourth-order valence-electron chi connectivity index (χ4n) is 1.77. The molecule has 0 spiro atoms. The summed E-state index contributed by atoms with van der Waals surface area (Å²) >= 11 is 0. The number of hydrogen-bond acceptors (Lipinski definition) is 3. The zero-order valence-corrected chi connectivity index (χ0v) is 8.41. The summed E-state index contributed by atoms with van der Waals surface area (Å²) in [5.74, 6) is -0.733. The molecule has 1 fully saturated rings. The number of carboxylic acid groups (broad SMARTS) is 1. The fraction of sp³-hybridized carbons (Fsp3) is 0.700. The van der Waals surface area contributed by atoms with Crippen LogP contribution < -0.4 is 5.32 Å². The van der Waals surface area contributed by atoms with Gasteiger partial charge in [0.05, 0.1) is 6.42 Å². The van der Waals surface area contributed by atoms with E-state index >= 15 is 0 Å². The molecule has 0 radical (unpaired) electrons. The van der Waals surface area contributed by atoms with Crippen LogP contribution in [0.5, 0.6) is 0 Å². The van der Waals surface area contributed by atoms with Crippen LogP contribution in [-0.2, 0) is 4.79 Å². The minimum Gasteiger partial charge on any atom is -0.481 e. The van der Waals surface area contributed by atoms with Crippen molar-refractivity contribution in [3.63, 3.8) is 0 Å². The second kappa shape index (κ2) is 5.78. The molecule has 4 nitrogen and oxygen atoms in total. The van der Waals surface area contributed by atoms with Crippen LogP contribution in [0, 0.1) is 0 Å². The Labute approximate surface area is 84.6 Å². The largest absolute Gasteiger partial charge is 0.481 e. The highest BCUT2D eigenvalue weighted by Gasteiger charge is 2.18. The van der Waals surface area contributed by atoms with Crippen molar-refractivity contribution in [1.82, 2.24) is 10.2 Å². The molecular weight excluding hydrogens is 180 g/mol. The topological polar surface area (TPSA) is 52.6 Å². The van der Waals surface area contributed by atoms with E-state index in [9.17, 15) is 4.79 Å². The molecule has 1 heterocycles. The van der Waals surface area contributed by atoms with E-state index in [1.165, 1.54) is 0 Å². The average Bonchev–Trinajstić information content (AvgIpc) is 2.30. The number of nitrogens with one attached hydrogen (secondary N) is 1. The molecular formula is C10H18N2O2. The van der Waals surface area contributed by atoms with Crippen LogP contribution in [0.25, 0.3) is 0 Å². The first-order valence-corrected chi connectivity index (χ1v) is 5.01. The van der Waals surface area contributed by atoms with Gasteiger partial charge in [-0.25, -0.2) is 0 Å². The Balaban J connectivity index is 2.42. The highest BCUT2D eigenvalue weighted by Crippen LogP contribution is 2.03. The third-order valence-corrected chi connectivity index (χ3v) is 2.37. The number of nitrogens with zero attached hydrogens (tertiary/aromatic N) is 1. The smallest absolute Gasteiger partial charge is 0.304 e. The van der Waals surface area contributed by atoms with Crippen molar-refractivity contribution in [2.24, 2.45) is 0 Å². The van der Waals surface area contributed by atoms with Crippen LogP contribution in [-0.4, -0.2) is 48.2 Å². The maximum absolute atomic E-state index is 10.6. The van der Waals surface area contributed by atoms with Crippen LogP contribution in [0.2, 0.25) is 0 Å². The van der Waals surface area contributed by atoms with E-state index in [1.54, 1.807) is 0 Å². The van der Waals surface area contributed by atoms with Gasteiger partial charge in [-0.3, -0.25) is 9.69 Å². The molecule has 0 aromatic rings. The number of rotatable bonds is 4. The molecule has 1 saturated heterocycles. The predicted octanol–water partition coefficient (Wildman–Crippen LogP) is 0.311. The van der Waals surface area contributed by atoms with Crippen molar-refractivity contribution in [2.75, 3.05) is 26.2 Å². The monoisotopic (exact) mass is 198 g/mol. The van der Waals surface area contributed by atoms with Crippen LogP contribution in [0.15, 0.2) is 12.7 Å². The Morgan fingerprint density at radius 3 is 3.14 bits per heavy atom. The third-order valence-electron chi connectivity index (χ3n) is 2.37. The lowest BCUT2D eigenvalue weighted by Gasteiger charge is -2.21. The van der Waals surface area contributed by atoms with E-state index in [0.29, 0.717) is 0 Å². The van der Waals surface area contributed by atoms with Gasteiger partial charge >= 0.3 is 5.97 Å². The molecule has 1 unspecified atom stereocenters. The zero-order chi connectivity index (χ0) is 10.4. The molecule has 0 aromatic heterocycles. The molecule has 14 heavy (non-hydrogen) atoms. The van der Waals surface area contributed by atoms with E-state index in [-0.39, 0.29) is 12.5 Å². The summed E-state index contributed by atoms with van der Waals surface area (Å²) in [5, 5.41) is 11.9. The molecule has 0 saturated carbocycles. The van der Waals surface area contributed by atoms with Crippen molar-refractivity contribution in [3.05, 3.63) is 12.7 Å². The van der Waals surface area contributed by atoms with Gasteiger partial charge in [0.15, 0.2) is 0 Å². The van der Waals surface area contributed by atoms with Crippen LogP contribution >= 0.6 is 0 Å². The van der Waals surface area contributed by atoms with Gasteiger partial charge in [-0.1, -0.05) is 6.08 Å². The average molecular weight is 198 g/mol. The van der Waals surface area contributed by atoms with Crippen molar-refractivity contribution in [2.45, 2.75) is 18.9 Å². The minimum atomic E-state index is -0.733. The fourth-order valence-corrected chi connectivity index (χ4v) is 1.77. The van der Waals surface area contributed by atoms with E-state index in [2.05, 4.69) is 16.8 Å². The zero-order valence-electron chi connectivity index (χ0n) is 8.41. The Kier molecular flexibility index (Phi) is 4.62. The maximum Gasteiger partial charge on any atom is 0.304 e. The quantitative estimate of drug-likeness (QED) is 0.638. The Bertz CT molecular complexity index is 206. The van der Waals surface area contributed by atoms with Gasteiger partial charge < -0.3 is 10.4 Å². The highest BCUT2D eigenvalue weighted by molar-refractivity contribution is 5.67. The van der Waals surface area contributed by atoms with Gasteiger partial charge in [-0.2, -0.15) is 0 Å². The summed E-state index contributed by atoms with van der Waals surface area (Å²) < 4.78 is 0. The van der Waals surface area contributed by atoms with Crippen molar-refractivity contribution >= 4 is 5.97 Å². The Hall–Kier alpha value is -0.870. The molecule has 1 aliphatic heterocycles.